The molecule has 20 heavy (non-hydrogen) atoms. The molecule has 112 valence electrons. The van der Waals surface area contributed by atoms with Crippen molar-refractivity contribution in [1.29, 1.82) is 0 Å². The fourth-order valence-corrected chi connectivity index (χ4v) is 2.28. The molecule has 0 heterocycles. The molecular weight excluding hydrogens is 320 g/mol. The molecule has 0 aliphatic carbocycles. The lowest BCUT2D eigenvalue weighted by Crippen LogP contribution is -2.36. The summed E-state index contributed by atoms with van der Waals surface area (Å²) in [5, 5.41) is 3.27. The Kier molecular flexibility index (Phi) is 7.80. The highest BCUT2D eigenvalue weighted by molar-refractivity contribution is 9.10. The fourth-order valence-electron chi connectivity index (χ4n) is 2.02. The number of halogens is 1. The van der Waals surface area contributed by atoms with Gasteiger partial charge in [0.25, 0.3) is 0 Å². The number of carbonyl (C=O) groups is 1. The quantitative estimate of drug-likeness (QED) is 0.737. The topological polar surface area (TPSA) is 41.6 Å². The Morgan fingerprint density at radius 1 is 1.30 bits per heavy atom. The maximum absolute atomic E-state index is 11.9. The Hall–Kier alpha value is -0.910. The predicted octanol–water partition coefficient (Wildman–Crippen LogP) is 2.59. The summed E-state index contributed by atoms with van der Waals surface area (Å²) in [5.41, 5.74) is 0.916. The Bertz CT molecular complexity index is 405. The van der Waals surface area contributed by atoms with Crippen LogP contribution in [0.2, 0.25) is 0 Å². The minimum atomic E-state index is -0.413. The van der Waals surface area contributed by atoms with Crippen molar-refractivity contribution in [2.75, 3.05) is 33.3 Å². The summed E-state index contributed by atoms with van der Waals surface area (Å²) in [6.45, 7) is 7.96. The fraction of sp³-hybridized carbons (Fsp3) is 0.533. The number of nitrogens with zero attached hydrogens (tertiary/aromatic N) is 1. The van der Waals surface area contributed by atoms with E-state index >= 15 is 0 Å². The van der Waals surface area contributed by atoms with Crippen LogP contribution in [0.4, 0.5) is 0 Å². The lowest BCUT2D eigenvalue weighted by Gasteiger charge is -2.21. The van der Waals surface area contributed by atoms with E-state index in [0.29, 0.717) is 0 Å². The summed E-state index contributed by atoms with van der Waals surface area (Å²) < 4.78 is 5.87. The van der Waals surface area contributed by atoms with Gasteiger partial charge < -0.3 is 9.64 Å². The number of benzene rings is 1. The van der Waals surface area contributed by atoms with Crippen molar-refractivity contribution < 1.29 is 9.53 Å². The van der Waals surface area contributed by atoms with E-state index in [4.69, 9.17) is 4.74 Å². The van der Waals surface area contributed by atoms with E-state index in [1.165, 1.54) is 7.11 Å². The number of hydrogen-bond acceptors (Lipinski definition) is 4. The van der Waals surface area contributed by atoms with Gasteiger partial charge in [-0.3, -0.25) is 5.32 Å². The predicted molar refractivity (Wildman–Crippen MR) is 84.7 cm³/mol. The number of esters is 1. The van der Waals surface area contributed by atoms with Crippen LogP contribution in [-0.4, -0.2) is 44.2 Å². The van der Waals surface area contributed by atoms with Gasteiger partial charge in [-0.05, 0) is 30.8 Å². The van der Waals surface area contributed by atoms with Gasteiger partial charge in [0.2, 0.25) is 0 Å². The average Bonchev–Trinajstić information content (AvgIpc) is 2.48. The van der Waals surface area contributed by atoms with Crippen LogP contribution in [0.3, 0.4) is 0 Å². The lowest BCUT2D eigenvalue weighted by atomic mass is 10.1. The van der Waals surface area contributed by atoms with Crippen molar-refractivity contribution in [1.82, 2.24) is 10.2 Å². The van der Waals surface area contributed by atoms with E-state index in [-0.39, 0.29) is 5.97 Å². The number of ether oxygens (including phenoxy) is 1. The second-order valence-corrected chi connectivity index (χ2v) is 5.40. The number of rotatable bonds is 8. The summed E-state index contributed by atoms with van der Waals surface area (Å²) in [5.74, 6) is -0.258. The molecule has 4 nitrogen and oxygen atoms in total. The Morgan fingerprint density at radius 2 is 1.90 bits per heavy atom. The first-order valence-corrected chi connectivity index (χ1v) is 7.70. The molecule has 1 unspecified atom stereocenters. The molecule has 0 fully saturated rings. The SMILES string of the molecule is CCN(CC)CCNC(C(=O)OC)c1ccc(Br)cc1. The van der Waals surface area contributed by atoms with Crippen LogP contribution in [0.5, 0.6) is 0 Å². The van der Waals surface area contributed by atoms with Crippen LogP contribution in [0.1, 0.15) is 25.5 Å². The minimum absolute atomic E-state index is 0.258. The average molecular weight is 343 g/mol. The highest BCUT2D eigenvalue weighted by Crippen LogP contribution is 2.18. The van der Waals surface area contributed by atoms with Crippen molar-refractivity contribution in [2.45, 2.75) is 19.9 Å². The second kappa shape index (κ2) is 9.10. The molecule has 1 aromatic carbocycles. The van der Waals surface area contributed by atoms with Crippen molar-refractivity contribution in [3.05, 3.63) is 34.3 Å². The van der Waals surface area contributed by atoms with Crippen molar-refractivity contribution in [2.24, 2.45) is 0 Å². The number of carbonyl (C=O) groups excluding carboxylic acids is 1. The van der Waals surface area contributed by atoms with Crippen molar-refractivity contribution in [3.8, 4) is 0 Å². The number of hydrogen-bond donors (Lipinski definition) is 1. The smallest absolute Gasteiger partial charge is 0.327 e. The normalized spacial score (nSPS) is 12.4. The number of methoxy groups -OCH3 is 1. The van der Waals surface area contributed by atoms with Crippen LogP contribution in [0.25, 0.3) is 0 Å². The molecule has 0 aliphatic rings. The van der Waals surface area contributed by atoms with Gasteiger partial charge in [-0.25, -0.2) is 4.79 Å². The molecule has 0 aromatic heterocycles. The van der Waals surface area contributed by atoms with Gasteiger partial charge >= 0.3 is 5.97 Å². The molecule has 0 bridgehead atoms. The first-order valence-electron chi connectivity index (χ1n) is 6.91. The summed E-state index contributed by atoms with van der Waals surface area (Å²) in [7, 11) is 1.42. The van der Waals surface area contributed by atoms with E-state index in [1.807, 2.05) is 24.3 Å². The molecule has 0 saturated carbocycles. The third kappa shape index (κ3) is 5.23. The molecule has 0 amide bonds. The van der Waals surface area contributed by atoms with Gasteiger partial charge in [0, 0.05) is 17.6 Å². The van der Waals surface area contributed by atoms with Gasteiger partial charge in [0.15, 0.2) is 0 Å². The van der Waals surface area contributed by atoms with E-state index < -0.39 is 6.04 Å². The monoisotopic (exact) mass is 342 g/mol. The number of nitrogens with one attached hydrogen (secondary N) is 1. The zero-order valence-corrected chi connectivity index (χ0v) is 13.9. The molecular formula is C15H23BrN2O2. The molecule has 1 aromatic rings. The summed E-state index contributed by atoms with van der Waals surface area (Å²) in [4.78, 5) is 14.2. The van der Waals surface area contributed by atoms with Gasteiger partial charge in [-0.2, -0.15) is 0 Å². The summed E-state index contributed by atoms with van der Waals surface area (Å²) in [6, 6.07) is 7.30. The van der Waals surface area contributed by atoms with Crippen molar-refractivity contribution >= 4 is 21.9 Å². The summed E-state index contributed by atoms with van der Waals surface area (Å²) >= 11 is 3.40. The number of likely N-dealkylation sites (N-methyl/N-ethyl adjacent to an activating group) is 1. The maximum Gasteiger partial charge on any atom is 0.327 e. The van der Waals surface area contributed by atoms with Crippen LogP contribution >= 0.6 is 15.9 Å². The molecule has 0 aliphatic heterocycles. The molecule has 1 rings (SSSR count). The van der Waals surface area contributed by atoms with Gasteiger partial charge in [-0.15, -0.1) is 0 Å². The van der Waals surface area contributed by atoms with Crippen LogP contribution < -0.4 is 5.32 Å². The molecule has 0 saturated heterocycles. The molecule has 0 radical (unpaired) electrons. The summed E-state index contributed by atoms with van der Waals surface area (Å²) in [6.07, 6.45) is 0. The largest absolute Gasteiger partial charge is 0.468 e. The minimum Gasteiger partial charge on any atom is -0.468 e. The van der Waals surface area contributed by atoms with E-state index in [2.05, 4.69) is 40.0 Å². The second-order valence-electron chi connectivity index (χ2n) is 4.49. The Morgan fingerprint density at radius 3 is 2.40 bits per heavy atom. The zero-order valence-electron chi connectivity index (χ0n) is 12.4. The van der Waals surface area contributed by atoms with Crippen LogP contribution in [-0.2, 0) is 9.53 Å². The van der Waals surface area contributed by atoms with E-state index in [0.717, 1.165) is 36.2 Å². The van der Waals surface area contributed by atoms with Crippen LogP contribution in [0.15, 0.2) is 28.7 Å². The Balaban J connectivity index is 2.66. The first kappa shape index (κ1) is 17.1. The third-order valence-corrected chi connectivity index (χ3v) is 3.84. The van der Waals surface area contributed by atoms with Crippen LogP contribution in [0, 0.1) is 0 Å². The van der Waals surface area contributed by atoms with E-state index in [9.17, 15) is 4.79 Å². The molecule has 5 heteroatoms. The highest BCUT2D eigenvalue weighted by Gasteiger charge is 2.20. The molecule has 1 N–H and O–H groups in total. The van der Waals surface area contributed by atoms with Crippen molar-refractivity contribution in [3.63, 3.8) is 0 Å². The van der Waals surface area contributed by atoms with E-state index in [1.54, 1.807) is 0 Å². The maximum atomic E-state index is 11.9. The first-order chi connectivity index (χ1) is 9.62. The lowest BCUT2D eigenvalue weighted by molar-refractivity contribution is -0.143. The van der Waals surface area contributed by atoms with Gasteiger partial charge in [0.1, 0.15) is 6.04 Å². The third-order valence-electron chi connectivity index (χ3n) is 3.31. The van der Waals surface area contributed by atoms with Gasteiger partial charge in [0.05, 0.1) is 7.11 Å². The van der Waals surface area contributed by atoms with Gasteiger partial charge in [-0.1, -0.05) is 41.9 Å². The standard InChI is InChI=1S/C15H23BrN2O2/c1-4-18(5-2)11-10-17-14(15(19)20-3)12-6-8-13(16)9-7-12/h6-9,14,17H,4-5,10-11H2,1-3H3. The highest BCUT2D eigenvalue weighted by atomic mass is 79.9. The zero-order chi connectivity index (χ0) is 15.0. The molecule has 1 atom stereocenters. The Labute approximate surface area is 129 Å². The molecule has 0 spiro atoms.